The van der Waals surface area contributed by atoms with Crippen molar-refractivity contribution in [1.29, 1.82) is 0 Å². The number of nitrogens with one attached hydrogen (secondary N) is 1. The third kappa shape index (κ3) is 3.07. The van der Waals surface area contributed by atoms with Gasteiger partial charge in [-0.3, -0.25) is 9.69 Å². The summed E-state index contributed by atoms with van der Waals surface area (Å²) in [5.74, 6) is 0.635. The molecule has 1 N–H and O–H groups in total. The molecular weight excluding hydrogens is 332 g/mol. The summed E-state index contributed by atoms with van der Waals surface area (Å²) in [5.41, 5.74) is 2.06. The largest absolute Gasteiger partial charge is 0.487 e. The minimum absolute atomic E-state index is 0.0241. The Morgan fingerprint density at radius 3 is 2.60 bits per heavy atom. The van der Waals surface area contributed by atoms with Gasteiger partial charge in [0.05, 0.1) is 12.0 Å². The Morgan fingerprint density at radius 1 is 1.24 bits per heavy atom. The van der Waals surface area contributed by atoms with Gasteiger partial charge in [-0.2, -0.15) is 0 Å². The van der Waals surface area contributed by atoms with Gasteiger partial charge >= 0.3 is 0 Å². The molecule has 3 aliphatic rings. The Bertz CT molecular complexity index is 748. The molecule has 0 radical (unpaired) electrons. The number of carbonyl (C=O) groups excluding carboxylic acids is 1. The van der Waals surface area contributed by atoms with Crippen LogP contribution < -0.4 is 10.1 Å². The van der Waals surface area contributed by atoms with Crippen molar-refractivity contribution in [1.82, 2.24) is 10.2 Å². The number of thiophene rings is 1. The summed E-state index contributed by atoms with van der Waals surface area (Å²) >= 11 is 1.42. The number of nitrogens with zero attached hydrogens (tertiary/aromatic N) is 1. The number of amides is 1. The first-order valence-corrected chi connectivity index (χ1v) is 9.77. The van der Waals surface area contributed by atoms with E-state index in [1.165, 1.54) is 37.3 Å². The van der Waals surface area contributed by atoms with Crippen molar-refractivity contribution >= 4 is 17.2 Å². The standard InChI is InChI=1S/C20H24N2O2S/c1-13-18(15-8-10-22(13)11-9-15)21-19(23)17-12-16(20(24-2)25-17)14-6-4-3-5-7-14/h3-7,12-13,15,18H,8-11H2,1-2H3,(H,21,23). The second-order valence-electron chi connectivity index (χ2n) is 7.00. The topological polar surface area (TPSA) is 41.6 Å². The molecule has 2 atom stereocenters. The van der Waals surface area contributed by atoms with Crippen LogP contribution in [0.25, 0.3) is 11.1 Å². The van der Waals surface area contributed by atoms with Crippen LogP contribution >= 0.6 is 11.3 Å². The Morgan fingerprint density at radius 2 is 1.96 bits per heavy atom. The van der Waals surface area contributed by atoms with E-state index in [2.05, 4.69) is 17.1 Å². The zero-order valence-electron chi connectivity index (χ0n) is 14.7. The zero-order valence-corrected chi connectivity index (χ0v) is 15.5. The lowest BCUT2D eigenvalue weighted by molar-refractivity contribution is 0.0218. The molecule has 0 aliphatic carbocycles. The third-order valence-corrected chi connectivity index (χ3v) is 6.76. The molecular formula is C20H24N2O2S. The summed E-state index contributed by atoms with van der Waals surface area (Å²) in [6, 6.07) is 12.7. The molecule has 4 heterocycles. The van der Waals surface area contributed by atoms with E-state index in [0.717, 1.165) is 21.1 Å². The molecule has 1 aromatic heterocycles. The Kier molecular flexibility index (Phi) is 4.52. The van der Waals surface area contributed by atoms with Gasteiger partial charge in [0.25, 0.3) is 5.91 Å². The summed E-state index contributed by atoms with van der Waals surface area (Å²) in [5, 5.41) is 4.10. The van der Waals surface area contributed by atoms with Gasteiger partial charge < -0.3 is 10.1 Å². The number of rotatable bonds is 4. The van der Waals surface area contributed by atoms with Crippen LogP contribution in [0.3, 0.4) is 0 Å². The molecule has 0 saturated carbocycles. The van der Waals surface area contributed by atoms with Crippen LogP contribution in [0.4, 0.5) is 0 Å². The molecule has 4 nitrogen and oxygen atoms in total. The highest BCUT2D eigenvalue weighted by molar-refractivity contribution is 7.16. The van der Waals surface area contributed by atoms with Crippen molar-refractivity contribution in [2.75, 3.05) is 20.2 Å². The first-order chi connectivity index (χ1) is 12.2. The number of methoxy groups -OCH3 is 1. The van der Waals surface area contributed by atoms with Crippen LogP contribution in [-0.2, 0) is 0 Å². The lowest BCUT2D eigenvalue weighted by Gasteiger charge is -2.49. The maximum Gasteiger partial charge on any atom is 0.261 e. The number of benzene rings is 1. The average Bonchev–Trinajstić information content (AvgIpc) is 3.10. The molecule has 5 rings (SSSR count). The number of hydrogen-bond acceptors (Lipinski definition) is 4. The predicted octanol–water partition coefficient (Wildman–Crippen LogP) is 3.64. The van der Waals surface area contributed by atoms with E-state index in [-0.39, 0.29) is 11.9 Å². The van der Waals surface area contributed by atoms with E-state index in [0.29, 0.717) is 12.0 Å². The van der Waals surface area contributed by atoms with Gasteiger partial charge in [0.2, 0.25) is 0 Å². The second kappa shape index (κ2) is 6.81. The molecule has 1 aromatic carbocycles. The number of hydrogen-bond donors (Lipinski definition) is 1. The minimum Gasteiger partial charge on any atom is -0.487 e. The van der Waals surface area contributed by atoms with E-state index in [9.17, 15) is 4.79 Å². The lowest BCUT2D eigenvalue weighted by Crippen LogP contribution is -2.62. The molecule has 132 valence electrons. The SMILES string of the molecule is COc1sc(C(=O)NC2C3CCN(CC3)C2C)cc1-c1ccccc1. The van der Waals surface area contributed by atoms with E-state index in [1.807, 2.05) is 36.4 Å². The van der Waals surface area contributed by atoms with Crippen LogP contribution in [0.5, 0.6) is 5.06 Å². The van der Waals surface area contributed by atoms with E-state index >= 15 is 0 Å². The van der Waals surface area contributed by atoms with E-state index in [4.69, 9.17) is 4.74 Å². The van der Waals surface area contributed by atoms with Crippen molar-refractivity contribution in [2.24, 2.45) is 5.92 Å². The number of ether oxygens (including phenoxy) is 1. The van der Waals surface area contributed by atoms with Crippen LogP contribution in [0, 0.1) is 5.92 Å². The highest BCUT2D eigenvalue weighted by Crippen LogP contribution is 2.38. The Hall–Kier alpha value is -1.85. The zero-order chi connectivity index (χ0) is 17.4. The molecule has 1 amide bonds. The van der Waals surface area contributed by atoms with Crippen molar-refractivity contribution < 1.29 is 9.53 Å². The molecule has 3 aliphatic heterocycles. The fraction of sp³-hybridized carbons (Fsp3) is 0.450. The fourth-order valence-corrected chi connectivity index (χ4v) is 5.12. The normalized spacial score (nSPS) is 27.9. The Labute approximate surface area is 152 Å². The van der Waals surface area contributed by atoms with E-state index < -0.39 is 0 Å². The van der Waals surface area contributed by atoms with Crippen LogP contribution in [0.15, 0.2) is 36.4 Å². The predicted molar refractivity (Wildman–Crippen MR) is 101 cm³/mol. The van der Waals surface area contributed by atoms with Crippen molar-refractivity contribution in [2.45, 2.75) is 31.8 Å². The summed E-state index contributed by atoms with van der Waals surface area (Å²) < 4.78 is 5.52. The first kappa shape index (κ1) is 16.6. The van der Waals surface area contributed by atoms with E-state index in [1.54, 1.807) is 7.11 Å². The highest BCUT2D eigenvalue weighted by atomic mass is 32.1. The van der Waals surface area contributed by atoms with Gasteiger partial charge in [0, 0.05) is 17.6 Å². The van der Waals surface area contributed by atoms with Crippen LogP contribution in [-0.4, -0.2) is 43.1 Å². The molecule has 3 fully saturated rings. The van der Waals surface area contributed by atoms with Crippen LogP contribution in [0.1, 0.15) is 29.4 Å². The highest BCUT2D eigenvalue weighted by Gasteiger charge is 2.40. The molecule has 2 bridgehead atoms. The van der Waals surface area contributed by atoms with Gasteiger partial charge in [0.1, 0.15) is 0 Å². The fourth-order valence-electron chi connectivity index (χ4n) is 4.22. The van der Waals surface area contributed by atoms with Gasteiger partial charge in [-0.1, -0.05) is 41.7 Å². The van der Waals surface area contributed by atoms with Gasteiger partial charge in [-0.05, 0) is 50.4 Å². The summed E-state index contributed by atoms with van der Waals surface area (Å²) in [7, 11) is 1.66. The minimum atomic E-state index is 0.0241. The second-order valence-corrected chi connectivity index (χ2v) is 8.01. The van der Waals surface area contributed by atoms with Gasteiger partial charge in [0.15, 0.2) is 5.06 Å². The van der Waals surface area contributed by atoms with Gasteiger partial charge in [-0.25, -0.2) is 0 Å². The van der Waals surface area contributed by atoms with Crippen molar-refractivity contribution in [3.05, 3.63) is 41.3 Å². The maximum absolute atomic E-state index is 12.9. The quantitative estimate of drug-likeness (QED) is 0.909. The molecule has 25 heavy (non-hydrogen) atoms. The monoisotopic (exact) mass is 356 g/mol. The molecule has 5 heteroatoms. The number of piperidine rings is 3. The number of fused-ring (bicyclic) bond motifs is 3. The van der Waals surface area contributed by atoms with Crippen LogP contribution in [0.2, 0.25) is 0 Å². The smallest absolute Gasteiger partial charge is 0.261 e. The average molecular weight is 356 g/mol. The summed E-state index contributed by atoms with van der Waals surface area (Å²) in [6.45, 7) is 4.58. The Balaban J connectivity index is 1.56. The molecule has 3 saturated heterocycles. The summed E-state index contributed by atoms with van der Waals surface area (Å²) in [4.78, 5) is 16.1. The molecule has 2 aromatic rings. The maximum atomic E-state index is 12.9. The summed E-state index contributed by atoms with van der Waals surface area (Å²) in [6.07, 6.45) is 2.39. The number of carbonyl (C=O) groups is 1. The van der Waals surface area contributed by atoms with Crippen molar-refractivity contribution in [3.63, 3.8) is 0 Å². The first-order valence-electron chi connectivity index (χ1n) is 8.95. The molecule has 2 unspecified atom stereocenters. The van der Waals surface area contributed by atoms with Gasteiger partial charge in [-0.15, -0.1) is 0 Å². The van der Waals surface area contributed by atoms with Crippen molar-refractivity contribution in [3.8, 4) is 16.2 Å². The lowest BCUT2D eigenvalue weighted by atomic mass is 9.79. The molecule has 0 spiro atoms. The third-order valence-electron chi connectivity index (χ3n) is 5.67.